The van der Waals surface area contributed by atoms with Crippen LogP contribution in [0.1, 0.15) is 6.42 Å². The standard InChI is InChI=1S/C21H22FN5O2/c1-3-20(28)26-9-14-4-15(10-26)17(14)12-29-19-5-13(16-6-23-25(2)8-16)11-27-21(19)18(22)7-24-27/h3,5-8,11,14-15,17H,1,4,9-10,12H2,2H3/t14-,15+,17+. The lowest BCUT2D eigenvalue weighted by molar-refractivity contribution is -0.138. The Kier molecular flexibility index (Phi) is 4.15. The third kappa shape index (κ3) is 2.99. The summed E-state index contributed by atoms with van der Waals surface area (Å²) >= 11 is 0. The molecule has 1 aliphatic carbocycles. The van der Waals surface area contributed by atoms with Crippen LogP contribution in [0.15, 0.2) is 43.5 Å². The van der Waals surface area contributed by atoms with E-state index in [4.69, 9.17) is 4.74 Å². The first kappa shape index (κ1) is 17.9. The summed E-state index contributed by atoms with van der Waals surface area (Å²) < 4.78 is 23.7. The molecule has 1 amide bonds. The monoisotopic (exact) mass is 395 g/mol. The molecule has 3 fully saturated rings. The summed E-state index contributed by atoms with van der Waals surface area (Å²) in [5, 5.41) is 8.31. The molecular formula is C21H22FN5O2. The maximum atomic E-state index is 14.3. The van der Waals surface area contributed by atoms with Crippen molar-refractivity contribution in [3.63, 3.8) is 0 Å². The Hall–Kier alpha value is -3.16. The molecule has 0 N–H and O–H groups in total. The maximum absolute atomic E-state index is 14.3. The maximum Gasteiger partial charge on any atom is 0.245 e. The molecule has 0 radical (unpaired) electrons. The van der Waals surface area contributed by atoms with Gasteiger partial charge < -0.3 is 9.64 Å². The van der Waals surface area contributed by atoms with Crippen molar-refractivity contribution in [2.45, 2.75) is 6.42 Å². The fourth-order valence-corrected chi connectivity index (χ4v) is 4.64. The van der Waals surface area contributed by atoms with Gasteiger partial charge in [-0.05, 0) is 30.4 Å². The summed E-state index contributed by atoms with van der Waals surface area (Å²) in [6, 6.07) is 1.85. The highest BCUT2D eigenvalue weighted by molar-refractivity contribution is 5.87. The highest BCUT2D eigenvalue weighted by Crippen LogP contribution is 2.46. The van der Waals surface area contributed by atoms with Gasteiger partial charge in [-0.1, -0.05) is 6.58 Å². The second-order valence-corrected chi connectivity index (χ2v) is 7.96. The third-order valence-electron chi connectivity index (χ3n) is 6.21. The largest absolute Gasteiger partial charge is 0.491 e. The predicted molar refractivity (Wildman–Crippen MR) is 105 cm³/mol. The fourth-order valence-electron chi connectivity index (χ4n) is 4.64. The summed E-state index contributed by atoms with van der Waals surface area (Å²) in [6.45, 7) is 5.55. The van der Waals surface area contributed by atoms with E-state index >= 15 is 0 Å². The van der Waals surface area contributed by atoms with Gasteiger partial charge >= 0.3 is 0 Å². The van der Waals surface area contributed by atoms with Crippen molar-refractivity contribution in [3.8, 4) is 16.9 Å². The molecule has 0 unspecified atom stereocenters. The number of rotatable bonds is 5. The van der Waals surface area contributed by atoms with Gasteiger partial charge in [0.15, 0.2) is 5.82 Å². The van der Waals surface area contributed by atoms with Crippen LogP contribution in [0, 0.1) is 23.6 Å². The van der Waals surface area contributed by atoms with Crippen molar-refractivity contribution in [1.82, 2.24) is 24.3 Å². The van der Waals surface area contributed by atoms with Crippen LogP contribution in [0.3, 0.4) is 0 Å². The zero-order chi connectivity index (χ0) is 20.1. The highest BCUT2D eigenvalue weighted by Gasteiger charge is 2.47. The zero-order valence-electron chi connectivity index (χ0n) is 16.2. The average Bonchev–Trinajstić information content (AvgIpc) is 3.33. The highest BCUT2D eigenvalue weighted by atomic mass is 19.1. The Morgan fingerprint density at radius 3 is 2.76 bits per heavy atom. The van der Waals surface area contributed by atoms with Crippen LogP contribution in [0.25, 0.3) is 16.6 Å². The quantitative estimate of drug-likeness (QED) is 0.623. The SMILES string of the molecule is C=CC(=O)N1C[C@H]2C[C@@H](C1)[C@H]2COc1cc(-c2cnn(C)c2)cn2ncc(F)c12. The Bertz CT molecular complexity index is 1090. The van der Waals surface area contributed by atoms with Gasteiger partial charge in [0.05, 0.1) is 19.0 Å². The van der Waals surface area contributed by atoms with Gasteiger partial charge in [0.25, 0.3) is 0 Å². The van der Waals surface area contributed by atoms with Crippen LogP contribution >= 0.6 is 0 Å². The van der Waals surface area contributed by atoms with Crippen molar-refractivity contribution >= 4 is 11.4 Å². The lowest BCUT2D eigenvalue weighted by Gasteiger charge is -2.53. The number of aryl methyl sites for hydroxylation is 1. The van der Waals surface area contributed by atoms with Crippen LogP contribution in [0.4, 0.5) is 4.39 Å². The van der Waals surface area contributed by atoms with Crippen molar-refractivity contribution in [3.05, 3.63) is 49.3 Å². The molecule has 2 saturated heterocycles. The zero-order valence-corrected chi connectivity index (χ0v) is 16.2. The lowest BCUT2D eigenvalue weighted by Crippen LogP contribution is -2.57. The number of piperidine rings is 2. The molecule has 0 spiro atoms. The van der Waals surface area contributed by atoms with Crippen LogP contribution in [-0.2, 0) is 11.8 Å². The van der Waals surface area contributed by atoms with E-state index in [2.05, 4.69) is 16.8 Å². The van der Waals surface area contributed by atoms with E-state index in [1.807, 2.05) is 24.2 Å². The summed E-state index contributed by atoms with van der Waals surface area (Å²) in [5.74, 6) is 1.28. The molecule has 6 rings (SSSR count). The molecule has 3 aromatic heterocycles. The van der Waals surface area contributed by atoms with Crippen LogP contribution in [0.2, 0.25) is 0 Å². The molecule has 5 heterocycles. The molecule has 3 atom stereocenters. The number of fused-ring (bicyclic) bond motifs is 3. The number of aromatic nitrogens is 4. The number of carbonyl (C=O) groups is 1. The minimum Gasteiger partial charge on any atom is -0.491 e. The van der Waals surface area contributed by atoms with E-state index < -0.39 is 5.82 Å². The lowest BCUT2D eigenvalue weighted by atomic mass is 9.62. The number of carbonyl (C=O) groups excluding carboxylic acids is 1. The van der Waals surface area contributed by atoms with E-state index in [-0.39, 0.29) is 5.91 Å². The number of halogens is 1. The summed E-state index contributed by atoms with van der Waals surface area (Å²) in [5.41, 5.74) is 2.11. The molecule has 0 aromatic carbocycles. The van der Waals surface area contributed by atoms with E-state index in [9.17, 15) is 9.18 Å². The topological polar surface area (TPSA) is 64.7 Å². The van der Waals surface area contributed by atoms with Gasteiger partial charge in [-0.25, -0.2) is 8.91 Å². The number of nitrogens with zero attached hydrogens (tertiary/aromatic N) is 5. The molecule has 7 nitrogen and oxygen atoms in total. The molecule has 3 aliphatic rings. The molecule has 2 aliphatic heterocycles. The van der Waals surface area contributed by atoms with Crippen LogP contribution in [0.5, 0.6) is 5.75 Å². The number of pyridine rings is 1. The van der Waals surface area contributed by atoms with Crippen LogP contribution < -0.4 is 4.74 Å². The molecule has 8 heteroatoms. The first-order valence-electron chi connectivity index (χ1n) is 9.73. The second kappa shape index (κ2) is 6.72. The summed E-state index contributed by atoms with van der Waals surface area (Å²) in [4.78, 5) is 13.7. The molecule has 1 saturated carbocycles. The first-order chi connectivity index (χ1) is 14.0. The summed E-state index contributed by atoms with van der Waals surface area (Å²) in [6.07, 6.45) is 9.12. The fraction of sp³-hybridized carbons (Fsp3) is 0.381. The minimum atomic E-state index is -0.408. The Morgan fingerprint density at radius 1 is 1.28 bits per heavy atom. The van der Waals surface area contributed by atoms with Crippen molar-refractivity contribution < 1.29 is 13.9 Å². The van der Waals surface area contributed by atoms with E-state index in [1.165, 1.54) is 16.8 Å². The number of hydrogen-bond acceptors (Lipinski definition) is 4. The molecule has 150 valence electrons. The molecule has 29 heavy (non-hydrogen) atoms. The number of amides is 1. The first-order valence-corrected chi connectivity index (χ1v) is 9.73. The normalized spacial score (nSPS) is 23.1. The van der Waals surface area contributed by atoms with Gasteiger partial charge in [-0.3, -0.25) is 9.48 Å². The van der Waals surface area contributed by atoms with Gasteiger partial charge in [-0.2, -0.15) is 10.2 Å². The number of ether oxygens (including phenoxy) is 1. The van der Waals surface area contributed by atoms with E-state index in [0.29, 0.717) is 35.6 Å². The molecule has 3 aromatic rings. The van der Waals surface area contributed by atoms with Crippen LogP contribution in [-0.4, -0.2) is 49.9 Å². The third-order valence-corrected chi connectivity index (χ3v) is 6.21. The van der Waals surface area contributed by atoms with Crippen molar-refractivity contribution in [1.29, 1.82) is 0 Å². The molecular weight excluding hydrogens is 373 g/mol. The Morgan fingerprint density at radius 2 is 2.07 bits per heavy atom. The van der Waals surface area contributed by atoms with Gasteiger partial charge in [0.1, 0.15) is 11.3 Å². The van der Waals surface area contributed by atoms with E-state index in [0.717, 1.165) is 30.6 Å². The minimum absolute atomic E-state index is 0.00807. The van der Waals surface area contributed by atoms with E-state index in [1.54, 1.807) is 17.1 Å². The van der Waals surface area contributed by atoms with Gasteiger partial charge in [0, 0.05) is 49.6 Å². The molecule has 2 bridgehead atoms. The Labute approximate surface area is 167 Å². The van der Waals surface area contributed by atoms with Crippen molar-refractivity contribution in [2.24, 2.45) is 24.8 Å². The van der Waals surface area contributed by atoms with Gasteiger partial charge in [-0.15, -0.1) is 0 Å². The van der Waals surface area contributed by atoms with Crippen molar-refractivity contribution in [2.75, 3.05) is 19.7 Å². The van der Waals surface area contributed by atoms with Gasteiger partial charge in [0.2, 0.25) is 5.91 Å². The Balaban J connectivity index is 1.37. The smallest absolute Gasteiger partial charge is 0.245 e. The second-order valence-electron chi connectivity index (χ2n) is 7.96. The number of hydrogen-bond donors (Lipinski definition) is 0. The summed E-state index contributed by atoms with van der Waals surface area (Å²) in [7, 11) is 1.85. The average molecular weight is 395 g/mol. The predicted octanol–water partition coefficient (Wildman–Crippen LogP) is 2.53.